The predicted molar refractivity (Wildman–Crippen MR) is 79.7 cm³/mol. The molecular weight excluding hydrogens is 238 g/mol. The molecule has 1 fully saturated rings. The summed E-state index contributed by atoms with van der Waals surface area (Å²) in [5.74, 6) is 0. The van der Waals surface area contributed by atoms with Gasteiger partial charge in [-0.25, -0.2) is 0 Å². The fourth-order valence-electron chi connectivity index (χ4n) is 2.54. The Bertz CT molecular complexity index is 371. The maximum atomic E-state index is 9.91. The molecule has 1 heterocycles. The van der Waals surface area contributed by atoms with E-state index in [1.165, 1.54) is 5.69 Å². The summed E-state index contributed by atoms with van der Waals surface area (Å²) in [7, 11) is 1.85. The van der Waals surface area contributed by atoms with Crippen LogP contribution in [0.25, 0.3) is 0 Å². The third kappa shape index (κ3) is 3.69. The molecule has 1 aromatic carbocycles. The van der Waals surface area contributed by atoms with Crippen LogP contribution in [0.4, 0.5) is 5.69 Å². The van der Waals surface area contributed by atoms with Gasteiger partial charge in [-0.1, -0.05) is 19.1 Å². The van der Waals surface area contributed by atoms with Gasteiger partial charge in [0, 0.05) is 38.4 Å². The van der Waals surface area contributed by atoms with Gasteiger partial charge in [-0.3, -0.25) is 0 Å². The van der Waals surface area contributed by atoms with Gasteiger partial charge in [0.2, 0.25) is 0 Å². The molecule has 1 saturated heterocycles. The molecule has 4 heteroatoms. The molecular formula is C15H25N3O. The summed E-state index contributed by atoms with van der Waals surface area (Å²) >= 11 is 0. The van der Waals surface area contributed by atoms with Crippen molar-refractivity contribution in [2.24, 2.45) is 0 Å². The highest BCUT2D eigenvalue weighted by atomic mass is 16.3. The largest absolute Gasteiger partial charge is 0.387 e. The first kappa shape index (κ1) is 14.3. The highest BCUT2D eigenvalue weighted by Crippen LogP contribution is 2.20. The number of rotatable bonds is 5. The monoisotopic (exact) mass is 263 g/mol. The molecule has 0 spiro atoms. The Kier molecular flexibility index (Phi) is 5.19. The average Bonchev–Trinajstić information content (AvgIpc) is 2.48. The van der Waals surface area contributed by atoms with Gasteiger partial charge in [-0.2, -0.15) is 0 Å². The molecule has 0 aromatic heterocycles. The van der Waals surface area contributed by atoms with Crippen molar-refractivity contribution in [2.45, 2.75) is 13.0 Å². The zero-order chi connectivity index (χ0) is 13.7. The minimum atomic E-state index is -0.420. The lowest BCUT2D eigenvalue weighted by molar-refractivity contribution is 0.178. The lowest BCUT2D eigenvalue weighted by atomic mass is 10.1. The van der Waals surface area contributed by atoms with Crippen molar-refractivity contribution in [3.05, 3.63) is 29.8 Å². The fraction of sp³-hybridized carbons (Fsp3) is 0.600. The molecule has 4 nitrogen and oxygen atoms in total. The molecule has 1 unspecified atom stereocenters. The van der Waals surface area contributed by atoms with E-state index in [-0.39, 0.29) is 0 Å². The number of anilines is 1. The number of nitrogens with zero attached hydrogens (tertiary/aromatic N) is 2. The van der Waals surface area contributed by atoms with E-state index in [2.05, 4.69) is 34.2 Å². The highest BCUT2D eigenvalue weighted by Gasteiger charge is 2.16. The van der Waals surface area contributed by atoms with Crippen LogP contribution in [0.15, 0.2) is 24.3 Å². The summed E-state index contributed by atoms with van der Waals surface area (Å²) in [6, 6.07) is 8.30. The van der Waals surface area contributed by atoms with Crippen molar-refractivity contribution >= 4 is 5.69 Å². The molecule has 19 heavy (non-hydrogen) atoms. The lowest BCUT2D eigenvalue weighted by Crippen LogP contribution is -2.46. The third-order valence-electron chi connectivity index (χ3n) is 3.86. The Balaban J connectivity index is 1.95. The van der Waals surface area contributed by atoms with Crippen LogP contribution in [-0.2, 0) is 0 Å². The van der Waals surface area contributed by atoms with Gasteiger partial charge in [0.05, 0.1) is 6.10 Å². The van der Waals surface area contributed by atoms with Gasteiger partial charge < -0.3 is 20.2 Å². The Labute approximate surface area is 116 Å². The standard InChI is InChI=1S/C15H25N3O/c1-3-17-8-10-18(11-9-17)14-6-4-13(5-7-14)15(19)12-16-2/h4-7,15-16,19H,3,8-12H2,1-2H3. The summed E-state index contributed by atoms with van der Waals surface area (Å²) < 4.78 is 0. The maximum Gasteiger partial charge on any atom is 0.0914 e. The van der Waals surface area contributed by atoms with Crippen LogP contribution in [0.2, 0.25) is 0 Å². The summed E-state index contributed by atoms with van der Waals surface area (Å²) in [5, 5.41) is 12.9. The molecule has 0 saturated carbocycles. The van der Waals surface area contributed by atoms with E-state index in [9.17, 15) is 5.11 Å². The van der Waals surface area contributed by atoms with Crippen LogP contribution >= 0.6 is 0 Å². The van der Waals surface area contributed by atoms with Crippen molar-refractivity contribution in [1.82, 2.24) is 10.2 Å². The number of likely N-dealkylation sites (N-methyl/N-ethyl adjacent to an activating group) is 2. The Hall–Kier alpha value is -1.10. The van der Waals surface area contributed by atoms with Crippen LogP contribution < -0.4 is 10.2 Å². The van der Waals surface area contributed by atoms with Gasteiger partial charge >= 0.3 is 0 Å². The summed E-state index contributed by atoms with van der Waals surface area (Å²) in [4.78, 5) is 4.89. The molecule has 1 aliphatic heterocycles. The number of aliphatic hydroxyl groups excluding tert-OH is 1. The van der Waals surface area contributed by atoms with E-state index in [0.717, 1.165) is 38.3 Å². The van der Waals surface area contributed by atoms with E-state index in [4.69, 9.17) is 0 Å². The van der Waals surface area contributed by atoms with Crippen molar-refractivity contribution in [1.29, 1.82) is 0 Å². The predicted octanol–water partition coefficient (Wildman–Crippen LogP) is 1.08. The summed E-state index contributed by atoms with van der Waals surface area (Å²) in [6.07, 6.45) is -0.420. The molecule has 1 aromatic rings. The number of nitrogens with one attached hydrogen (secondary N) is 1. The van der Waals surface area contributed by atoms with Crippen LogP contribution in [0, 0.1) is 0 Å². The summed E-state index contributed by atoms with van der Waals surface area (Å²) in [5.41, 5.74) is 2.24. The van der Waals surface area contributed by atoms with E-state index in [1.54, 1.807) is 0 Å². The van der Waals surface area contributed by atoms with Crippen molar-refractivity contribution in [3.63, 3.8) is 0 Å². The second-order valence-corrected chi connectivity index (χ2v) is 5.09. The zero-order valence-corrected chi connectivity index (χ0v) is 12.0. The SMILES string of the molecule is CCN1CCN(c2ccc(C(O)CNC)cc2)CC1. The van der Waals surface area contributed by atoms with E-state index < -0.39 is 6.10 Å². The van der Waals surface area contributed by atoms with Crippen LogP contribution in [0.1, 0.15) is 18.6 Å². The van der Waals surface area contributed by atoms with Crippen LogP contribution in [0.5, 0.6) is 0 Å². The van der Waals surface area contributed by atoms with E-state index in [0.29, 0.717) is 6.54 Å². The molecule has 106 valence electrons. The van der Waals surface area contributed by atoms with Crippen LogP contribution in [-0.4, -0.2) is 56.3 Å². The molecule has 2 rings (SSSR count). The first-order valence-electron chi connectivity index (χ1n) is 7.14. The normalized spacial score (nSPS) is 18.6. The Morgan fingerprint density at radius 3 is 2.32 bits per heavy atom. The lowest BCUT2D eigenvalue weighted by Gasteiger charge is -2.35. The van der Waals surface area contributed by atoms with Gasteiger partial charge in [0.1, 0.15) is 0 Å². The Morgan fingerprint density at radius 1 is 1.16 bits per heavy atom. The molecule has 1 aliphatic rings. The first-order chi connectivity index (χ1) is 9.24. The molecule has 0 bridgehead atoms. The molecule has 0 amide bonds. The average molecular weight is 263 g/mol. The summed E-state index contributed by atoms with van der Waals surface area (Å²) in [6.45, 7) is 8.41. The number of hydrogen-bond acceptors (Lipinski definition) is 4. The first-order valence-corrected chi connectivity index (χ1v) is 7.14. The number of aliphatic hydroxyl groups is 1. The number of benzene rings is 1. The van der Waals surface area contributed by atoms with E-state index >= 15 is 0 Å². The van der Waals surface area contributed by atoms with Gasteiger partial charge in [0.15, 0.2) is 0 Å². The van der Waals surface area contributed by atoms with Crippen molar-refractivity contribution in [2.75, 3.05) is 51.2 Å². The highest BCUT2D eigenvalue weighted by molar-refractivity contribution is 5.48. The minimum absolute atomic E-state index is 0.420. The van der Waals surface area contributed by atoms with Crippen molar-refractivity contribution in [3.8, 4) is 0 Å². The molecule has 0 aliphatic carbocycles. The molecule has 0 radical (unpaired) electrons. The smallest absolute Gasteiger partial charge is 0.0914 e. The molecule has 1 atom stereocenters. The van der Waals surface area contributed by atoms with Gasteiger partial charge in [0.25, 0.3) is 0 Å². The third-order valence-corrected chi connectivity index (χ3v) is 3.86. The number of piperazine rings is 1. The number of hydrogen-bond donors (Lipinski definition) is 2. The second kappa shape index (κ2) is 6.89. The maximum absolute atomic E-state index is 9.91. The second-order valence-electron chi connectivity index (χ2n) is 5.09. The van der Waals surface area contributed by atoms with Gasteiger partial charge in [-0.05, 0) is 31.3 Å². The van der Waals surface area contributed by atoms with E-state index in [1.807, 2.05) is 19.2 Å². The topological polar surface area (TPSA) is 38.7 Å². The zero-order valence-electron chi connectivity index (χ0n) is 12.0. The van der Waals surface area contributed by atoms with Gasteiger partial charge in [-0.15, -0.1) is 0 Å². The fourth-order valence-corrected chi connectivity index (χ4v) is 2.54. The minimum Gasteiger partial charge on any atom is -0.387 e. The quantitative estimate of drug-likeness (QED) is 0.834. The Morgan fingerprint density at radius 2 is 1.79 bits per heavy atom. The van der Waals surface area contributed by atoms with Crippen molar-refractivity contribution < 1.29 is 5.11 Å². The van der Waals surface area contributed by atoms with Crippen LogP contribution in [0.3, 0.4) is 0 Å². The molecule has 2 N–H and O–H groups in total.